The number of aryl methyl sites for hydroxylation is 1. The molecule has 2 amide bonds. The van der Waals surface area contributed by atoms with Gasteiger partial charge >= 0.3 is 6.03 Å². The molecule has 2 heterocycles. The highest BCUT2D eigenvalue weighted by Crippen LogP contribution is 2.28. The number of hydrogen-bond acceptors (Lipinski definition) is 4. The first-order valence-electron chi connectivity index (χ1n) is 9.77. The van der Waals surface area contributed by atoms with Gasteiger partial charge in [0.15, 0.2) is 0 Å². The minimum Gasteiger partial charge on any atom is -0.339 e. The Morgan fingerprint density at radius 2 is 1.93 bits per heavy atom. The monoisotopic (exact) mass is 376 g/mol. The summed E-state index contributed by atoms with van der Waals surface area (Å²) in [4.78, 5) is 19.0. The molecule has 1 saturated heterocycles. The molecule has 0 radical (unpaired) electrons. The number of nitrogens with one attached hydrogen (secondary N) is 1. The number of likely N-dealkylation sites (tertiary alicyclic amines) is 1. The maximum Gasteiger partial charge on any atom is 0.321 e. The molecule has 1 fully saturated rings. The maximum absolute atomic E-state index is 12.6. The first-order chi connectivity index (χ1) is 13.7. The van der Waals surface area contributed by atoms with Crippen LogP contribution in [0, 0.1) is 0 Å². The van der Waals surface area contributed by atoms with Crippen molar-refractivity contribution in [3.63, 3.8) is 0 Å². The molecule has 1 aliphatic rings. The van der Waals surface area contributed by atoms with E-state index in [0.29, 0.717) is 24.8 Å². The van der Waals surface area contributed by atoms with Crippen LogP contribution in [-0.2, 0) is 6.42 Å². The summed E-state index contributed by atoms with van der Waals surface area (Å²) >= 11 is 0. The predicted octanol–water partition coefficient (Wildman–Crippen LogP) is 4.71. The molecule has 1 N–H and O–H groups in total. The number of urea groups is 1. The lowest BCUT2D eigenvalue weighted by molar-refractivity contribution is 0.187. The van der Waals surface area contributed by atoms with Crippen molar-refractivity contribution < 1.29 is 9.32 Å². The van der Waals surface area contributed by atoms with Gasteiger partial charge in [-0.25, -0.2) is 4.79 Å². The summed E-state index contributed by atoms with van der Waals surface area (Å²) < 4.78 is 5.50. The molecule has 6 heteroatoms. The highest BCUT2D eigenvalue weighted by Gasteiger charge is 2.27. The third-order valence-electron chi connectivity index (χ3n) is 5.19. The van der Waals surface area contributed by atoms with E-state index in [4.69, 9.17) is 4.52 Å². The second kappa shape index (κ2) is 8.25. The Labute approximate surface area is 164 Å². The van der Waals surface area contributed by atoms with Crippen molar-refractivity contribution in [2.24, 2.45) is 0 Å². The molecular formula is C22H24N4O2. The van der Waals surface area contributed by atoms with Gasteiger partial charge in [0.1, 0.15) is 0 Å². The van der Waals surface area contributed by atoms with Crippen molar-refractivity contribution in [2.75, 3.05) is 18.4 Å². The second-order valence-electron chi connectivity index (χ2n) is 7.07. The van der Waals surface area contributed by atoms with Crippen LogP contribution < -0.4 is 5.32 Å². The van der Waals surface area contributed by atoms with E-state index in [1.165, 1.54) is 5.56 Å². The zero-order valence-electron chi connectivity index (χ0n) is 16.0. The Balaban J connectivity index is 1.34. The highest BCUT2D eigenvalue weighted by molar-refractivity contribution is 5.89. The fourth-order valence-corrected chi connectivity index (χ4v) is 3.51. The summed E-state index contributed by atoms with van der Waals surface area (Å²) in [7, 11) is 0. The Morgan fingerprint density at radius 3 is 2.68 bits per heavy atom. The van der Waals surface area contributed by atoms with E-state index in [1.54, 1.807) is 0 Å². The van der Waals surface area contributed by atoms with E-state index in [0.717, 1.165) is 30.5 Å². The van der Waals surface area contributed by atoms with Crippen LogP contribution in [0.2, 0.25) is 0 Å². The van der Waals surface area contributed by atoms with Crippen LogP contribution in [0.15, 0.2) is 59.1 Å². The Bertz CT molecular complexity index is 930. The zero-order chi connectivity index (χ0) is 19.3. The quantitative estimate of drug-likeness (QED) is 0.716. The Morgan fingerprint density at radius 1 is 1.14 bits per heavy atom. The van der Waals surface area contributed by atoms with Crippen molar-refractivity contribution in [2.45, 2.75) is 32.1 Å². The zero-order valence-corrected chi connectivity index (χ0v) is 16.0. The number of rotatable bonds is 4. The number of piperidine rings is 1. The molecular weight excluding hydrogens is 352 g/mol. The summed E-state index contributed by atoms with van der Waals surface area (Å²) in [5, 5.41) is 7.11. The van der Waals surface area contributed by atoms with E-state index in [1.807, 2.05) is 53.4 Å². The molecule has 4 rings (SSSR count). The van der Waals surface area contributed by atoms with E-state index < -0.39 is 0 Å². The lowest BCUT2D eigenvalue weighted by Gasteiger charge is -2.30. The first-order valence-corrected chi connectivity index (χ1v) is 9.77. The predicted molar refractivity (Wildman–Crippen MR) is 108 cm³/mol. The number of amides is 2. The van der Waals surface area contributed by atoms with Crippen LogP contribution in [0.3, 0.4) is 0 Å². The second-order valence-corrected chi connectivity index (χ2v) is 7.07. The molecule has 0 unspecified atom stereocenters. The van der Waals surface area contributed by atoms with Gasteiger partial charge in [0.25, 0.3) is 0 Å². The van der Waals surface area contributed by atoms with Gasteiger partial charge in [-0.05, 0) is 37.0 Å². The summed E-state index contributed by atoms with van der Waals surface area (Å²) in [6, 6.07) is 17.7. The van der Waals surface area contributed by atoms with Crippen LogP contribution >= 0.6 is 0 Å². The SMILES string of the molecule is CCc1cccc(NC(=O)N2CCC(c3nc(-c4ccccc4)no3)CC2)c1. The van der Waals surface area contributed by atoms with Crippen molar-refractivity contribution in [3.05, 3.63) is 66.1 Å². The van der Waals surface area contributed by atoms with Gasteiger partial charge in [0.2, 0.25) is 11.7 Å². The van der Waals surface area contributed by atoms with Crippen LogP contribution in [0.25, 0.3) is 11.4 Å². The smallest absolute Gasteiger partial charge is 0.321 e. The van der Waals surface area contributed by atoms with Crippen LogP contribution in [0.1, 0.15) is 37.1 Å². The van der Waals surface area contributed by atoms with Gasteiger partial charge in [-0.15, -0.1) is 0 Å². The molecule has 0 bridgehead atoms. The van der Waals surface area contributed by atoms with E-state index in [2.05, 4.69) is 28.4 Å². The minimum atomic E-state index is -0.0535. The molecule has 0 saturated carbocycles. The minimum absolute atomic E-state index is 0.0535. The summed E-state index contributed by atoms with van der Waals surface area (Å²) in [5.74, 6) is 1.47. The number of aromatic nitrogens is 2. The van der Waals surface area contributed by atoms with Crippen molar-refractivity contribution in [1.82, 2.24) is 15.0 Å². The Kier molecular flexibility index (Phi) is 5.37. The fraction of sp³-hybridized carbons (Fsp3) is 0.318. The molecule has 0 spiro atoms. The average Bonchev–Trinajstić information content (AvgIpc) is 3.25. The molecule has 28 heavy (non-hydrogen) atoms. The number of nitrogens with zero attached hydrogens (tertiary/aromatic N) is 3. The molecule has 0 aliphatic carbocycles. The number of anilines is 1. The number of hydrogen-bond donors (Lipinski definition) is 1. The molecule has 0 atom stereocenters. The summed E-state index contributed by atoms with van der Waals surface area (Å²) in [5.41, 5.74) is 3.00. The lowest BCUT2D eigenvalue weighted by atomic mass is 9.97. The third kappa shape index (κ3) is 4.06. The molecule has 3 aromatic rings. The van der Waals surface area contributed by atoms with Gasteiger partial charge in [0.05, 0.1) is 0 Å². The molecule has 1 aliphatic heterocycles. The van der Waals surface area contributed by atoms with E-state index in [-0.39, 0.29) is 11.9 Å². The first kappa shape index (κ1) is 18.2. The van der Waals surface area contributed by atoms with Crippen LogP contribution in [0.5, 0.6) is 0 Å². The van der Waals surface area contributed by atoms with Crippen molar-refractivity contribution >= 4 is 11.7 Å². The lowest BCUT2D eigenvalue weighted by Crippen LogP contribution is -2.40. The van der Waals surface area contributed by atoms with Gasteiger partial charge in [-0.2, -0.15) is 4.98 Å². The molecule has 144 valence electrons. The van der Waals surface area contributed by atoms with Crippen LogP contribution in [-0.4, -0.2) is 34.2 Å². The normalized spacial score (nSPS) is 14.8. The van der Waals surface area contributed by atoms with Crippen molar-refractivity contribution in [1.29, 1.82) is 0 Å². The van der Waals surface area contributed by atoms with Gasteiger partial charge < -0.3 is 14.7 Å². The largest absolute Gasteiger partial charge is 0.339 e. The highest BCUT2D eigenvalue weighted by atomic mass is 16.5. The van der Waals surface area contributed by atoms with Crippen molar-refractivity contribution in [3.8, 4) is 11.4 Å². The van der Waals surface area contributed by atoms with Gasteiger partial charge in [-0.1, -0.05) is 54.5 Å². The molecule has 2 aromatic carbocycles. The Hall–Kier alpha value is -3.15. The number of carbonyl (C=O) groups is 1. The number of benzene rings is 2. The summed E-state index contributed by atoms with van der Waals surface area (Å²) in [6.07, 6.45) is 2.59. The number of carbonyl (C=O) groups excluding carboxylic acids is 1. The summed E-state index contributed by atoms with van der Waals surface area (Å²) in [6.45, 7) is 3.45. The fourth-order valence-electron chi connectivity index (χ4n) is 3.51. The van der Waals surface area contributed by atoms with Gasteiger partial charge in [-0.3, -0.25) is 0 Å². The topological polar surface area (TPSA) is 71.3 Å². The third-order valence-corrected chi connectivity index (χ3v) is 5.19. The standard InChI is InChI=1S/C22H24N4O2/c1-2-16-7-6-10-19(15-16)23-22(27)26-13-11-18(12-14-26)21-24-20(25-28-21)17-8-4-3-5-9-17/h3-10,15,18H,2,11-14H2,1H3,(H,23,27). The van der Waals surface area contributed by atoms with E-state index in [9.17, 15) is 4.79 Å². The maximum atomic E-state index is 12.6. The molecule has 6 nitrogen and oxygen atoms in total. The van der Waals surface area contributed by atoms with Crippen LogP contribution in [0.4, 0.5) is 10.5 Å². The average molecular weight is 376 g/mol. The van der Waals surface area contributed by atoms with Gasteiger partial charge in [0, 0.05) is 30.3 Å². The van der Waals surface area contributed by atoms with E-state index >= 15 is 0 Å². The molecule has 1 aromatic heterocycles.